The van der Waals surface area contributed by atoms with Crippen molar-refractivity contribution in [3.8, 4) is 11.5 Å². The summed E-state index contributed by atoms with van der Waals surface area (Å²) in [5, 5.41) is 4.61. The number of fused-ring (bicyclic) bond motifs is 2. The first-order valence-corrected chi connectivity index (χ1v) is 12.0. The minimum absolute atomic E-state index is 0.117. The molecule has 8 nitrogen and oxygen atoms in total. The maximum absolute atomic E-state index is 13.3. The van der Waals surface area contributed by atoms with Gasteiger partial charge >= 0.3 is 5.69 Å². The molecule has 0 spiro atoms. The Hall–Kier alpha value is -3.92. The zero-order valence-corrected chi connectivity index (χ0v) is 19.5. The van der Waals surface area contributed by atoms with E-state index in [1.54, 1.807) is 29.6 Å². The van der Waals surface area contributed by atoms with Crippen LogP contribution in [0, 0.1) is 5.82 Å². The number of aromatic nitrogens is 2. The monoisotopic (exact) mass is 495 g/mol. The lowest BCUT2D eigenvalue weighted by molar-refractivity contribution is -0.121. The molecule has 5 rings (SSSR count). The average Bonchev–Trinajstić information content (AvgIpc) is 3.53. The van der Waals surface area contributed by atoms with Gasteiger partial charge in [-0.1, -0.05) is 18.2 Å². The molecule has 180 valence electrons. The molecule has 0 fully saturated rings. The molecule has 35 heavy (non-hydrogen) atoms. The summed E-state index contributed by atoms with van der Waals surface area (Å²) in [6.07, 6.45) is 0.492. The molecule has 1 aliphatic heterocycles. The van der Waals surface area contributed by atoms with Gasteiger partial charge in [0.05, 0.1) is 12.1 Å². The van der Waals surface area contributed by atoms with Gasteiger partial charge in [0.1, 0.15) is 10.5 Å². The molecule has 10 heteroatoms. The minimum Gasteiger partial charge on any atom is -0.454 e. The van der Waals surface area contributed by atoms with Gasteiger partial charge in [0.25, 0.3) is 5.56 Å². The van der Waals surface area contributed by atoms with Crippen molar-refractivity contribution >= 4 is 27.5 Å². The predicted octanol–water partition coefficient (Wildman–Crippen LogP) is 3.24. The highest BCUT2D eigenvalue weighted by Crippen LogP contribution is 2.32. The Labute approximate surface area is 203 Å². The lowest BCUT2D eigenvalue weighted by atomic mass is 10.2. The van der Waals surface area contributed by atoms with Crippen LogP contribution in [-0.4, -0.2) is 21.8 Å². The Morgan fingerprint density at radius 2 is 1.77 bits per heavy atom. The van der Waals surface area contributed by atoms with Crippen molar-refractivity contribution < 1.29 is 18.7 Å². The van der Waals surface area contributed by atoms with Gasteiger partial charge in [0.2, 0.25) is 12.7 Å². The summed E-state index contributed by atoms with van der Waals surface area (Å²) >= 11 is 1.27. The predicted molar refractivity (Wildman–Crippen MR) is 129 cm³/mol. The highest BCUT2D eigenvalue weighted by Gasteiger charge is 2.16. The fraction of sp³-hybridized carbons (Fsp3) is 0.240. The molecule has 1 amide bonds. The Morgan fingerprint density at radius 3 is 2.60 bits per heavy atom. The number of nitrogens with zero attached hydrogens (tertiary/aromatic N) is 2. The molecule has 0 saturated carbocycles. The second-order valence-corrected chi connectivity index (χ2v) is 9.07. The lowest BCUT2D eigenvalue weighted by Gasteiger charge is -2.12. The van der Waals surface area contributed by atoms with E-state index in [2.05, 4.69) is 5.32 Å². The number of ether oxygens (including phenoxy) is 2. The third-order valence-corrected chi connectivity index (χ3v) is 6.69. The second-order valence-electron chi connectivity index (χ2n) is 8.15. The van der Waals surface area contributed by atoms with E-state index in [4.69, 9.17) is 9.47 Å². The normalized spacial score (nSPS) is 12.3. The van der Waals surface area contributed by atoms with Gasteiger partial charge in [-0.2, -0.15) is 0 Å². The second kappa shape index (κ2) is 9.75. The van der Waals surface area contributed by atoms with Gasteiger partial charge in [0, 0.05) is 19.5 Å². The first-order chi connectivity index (χ1) is 17.0. The highest BCUT2D eigenvalue weighted by atomic mass is 32.1. The van der Waals surface area contributed by atoms with Crippen molar-refractivity contribution in [1.29, 1.82) is 0 Å². The smallest absolute Gasteiger partial charge is 0.331 e. The number of rotatable bonds is 8. The lowest BCUT2D eigenvalue weighted by Crippen LogP contribution is -2.40. The van der Waals surface area contributed by atoms with Crippen LogP contribution in [0.5, 0.6) is 11.5 Å². The van der Waals surface area contributed by atoms with Crippen molar-refractivity contribution in [2.24, 2.45) is 0 Å². The maximum atomic E-state index is 13.3. The molecular weight excluding hydrogens is 473 g/mol. The molecule has 0 saturated heterocycles. The van der Waals surface area contributed by atoms with E-state index in [9.17, 15) is 18.8 Å². The van der Waals surface area contributed by atoms with Crippen LogP contribution in [0.1, 0.15) is 24.0 Å². The molecule has 0 atom stereocenters. The molecule has 1 aliphatic rings. The largest absolute Gasteiger partial charge is 0.454 e. The van der Waals surface area contributed by atoms with Gasteiger partial charge in [-0.15, -0.1) is 11.3 Å². The summed E-state index contributed by atoms with van der Waals surface area (Å²) in [6, 6.07) is 13.1. The van der Waals surface area contributed by atoms with Crippen molar-refractivity contribution in [3.63, 3.8) is 0 Å². The van der Waals surface area contributed by atoms with E-state index < -0.39 is 5.69 Å². The number of carbonyl (C=O) groups excluding carboxylic acids is 1. The summed E-state index contributed by atoms with van der Waals surface area (Å²) < 4.78 is 27.1. The zero-order chi connectivity index (χ0) is 24.4. The Balaban J connectivity index is 1.26. The standard InChI is InChI=1S/C25H22FN3O5S/c26-18-6-3-16(4-7-18)14-29-19-9-11-35-23(19)24(31)28(25(29)32)10-1-2-22(30)27-13-17-5-8-20-21(12-17)34-15-33-20/h3-9,11-12H,1-2,10,13-15H2,(H,27,30). The number of halogens is 1. The van der Waals surface area contributed by atoms with E-state index >= 15 is 0 Å². The summed E-state index contributed by atoms with van der Waals surface area (Å²) in [5.41, 5.74) is 1.36. The van der Waals surface area contributed by atoms with Gasteiger partial charge in [0.15, 0.2) is 11.5 Å². The zero-order valence-electron chi connectivity index (χ0n) is 18.7. The molecule has 3 heterocycles. The number of nitrogens with one attached hydrogen (secondary N) is 1. The molecule has 0 aliphatic carbocycles. The molecule has 4 aromatic rings. The third kappa shape index (κ3) is 4.83. The first kappa shape index (κ1) is 22.9. The van der Waals surface area contributed by atoms with Crippen LogP contribution >= 0.6 is 11.3 Å². The fourth-order valence-electron chi connectivity index (χ4n) is 3.99. The number of thiophene rings is 1. The third-order valence-electron chi connectivity index (χ3n) is 5.80. The van der Waals surface area contributed by atoms with Crippen LogP contribution in [0.15, 0.2) is 63.5 Å². The summed E-state index contributed by atoms with van der Waals surface area (Å²) in [5.74, 6) is 0.790. The van der Waals surface area contributed by atoms with Crippen molar-refractivity contribution in [2.75, 3.05) is 6.79 Å². The molecule has 0 unspecified atom stereocenters. The SMILES string of the molecule is O=C(CCCn1c(=O)c2sccc2n(Cc2ccc(F)cc2)c1=O)NCc1ccc2c(c1)OCO2. The van der Waals surface area contributed by atoms with Crippen LogP contribution in [0.3, 0.4) is 0 Å². The van der Waals surface area contributed by atoms with Crippen LogP contribution in [0.25, 0.3) is 10.2 Å². The van der Waals surface area contributed by atoms with Crippen LogP contribution < -0.4 is 26.0 Å². The quantitative estimate of drug-likeness (QED) is 0.405. The van der Waals surface area contributed by atoms with E-state index in [-0.39, 0.29) is 43.6 Å². The molecule has 1 N–H and O–H groups in total. The Bertz CT molecular complexity index is 1510. The van der Waals surface area contributed by atoms with E-state index in [0.717, 1.165) is 11.1 Å². The van der Waals surface area contributed by atoms with Crippen LogP contribution in [-0.2, 0) is 24.4 Å². The number of carbonyl (C=O) groups is 1. The van der Waals surface area contributed by atoms with Gasteiger partial charge < -0.3 is 14.8 Å². The topological polar surface area (TPSA) is 91.6 Å². The summed E-state index contributed by atoms with van der Waals surface area (Å²) in [4.78, 5) is 38.5. The summed E-state index contributed by atoms with van der Waals surface area (Å²) in [7, 11) is 0. The molecule has 0 radical (unpaired) electrons. The van der Waals surface area contributed by atoms with Crippen LogP contribution in [0.4, 0.5) is 4.39 Å². The van der Waals surface area contributed by atoms with Crippen LogP contribution in [0.2, 0.25) is 0 Å². The van der Waals surface area contributed by atoms with Crippen molar-refractivity contribution in [1.82, 2.24) is 14.5 Å². The van der Waals surface area contributed by atoms with Crippen molar-refractivity contribution in [2.45, 2.75) is 32.5 Å². The highest BCUT2D eigenvalue weighted by molar-refractivity contribution is 7.17. The van der Waals surface area contributed by atoms with Gasteiger partial charge in [-0.3, -0.25) is 18.7 Å². The summed E-state index contributed by atoms with van der Waals surface area (Å²) in [6.45, 7) is 0.851. The fourth-order valence-corrected chi connectivity index (χ4v) is 4.84. The minimum atomic E-state index is -0.453. The number of benzene rings is 2. The molecule has 0 bridgehead atoms. The molecule has 2 aromatic carbocycles. The van der Waals surface area contributed by atoms with E-state index in [1.807, 2.05) is 12.1 Å². The first-order valence-electron chi connectivity index (χ1n) is 11.1. The maximum Gasteiger partial charge on any atom is 0.331 e. The van der Waals surface area contributed by atoms with Gasteiger partial charge in [-0.05, 0) is 53.3 Å². The van der Waals surface area contributed by atoms with E-state index in [0.29, 0.717) is 34.7 Å². The number of hydrogen-bond donors (Lipinski definition) is 1. The molecular formula is C25H22FN3O5S. The Morgan fingerprint density at radius 1 is 1.00 bits per heavy atom. The van der Waals surface area contributed by atoms with Gasteiger partial charge in [-0.25, -0.2) is 9.18 Å². The molecule has 2 aromatic heterocycles. The van der Waals surface area contributed by atoms with Crippen molar-refractivity contribution in [3.05, 3.63) is 91.7 Å². The van der Waals surface area contributed by atoms with E-state index in [1.165, 1.54) is 32.6 Å². The average molecular weight is 496 g/mol. The number of amides is 1. The number of hydrogen-bond acceptors (Lipinski definition) is 6. The Kier molecular flexibility index (Phi) is 6.37.